The monoisotopic (exact) mass is 295 g/mol. The summed E-state index contributed by atoms with van der Waals surface area (Å²) in [5.74, 6) is 0.206. The lowest BCUT2D eigenvalue weighted by Crippen LogP contribution is -2.00. The number of para-hydroxylation sites is 1. The summed E-state index contributed by atoms with van der Waals surface area (Å²) in [4.78, 5) is 10.0. The average molecular weight is 296 g/mol. The van der Waals surface area contributed by atoms with Gasteiger partial charge in [0.1, 0.15) is 18.2 Å². The molecule has 104 valence electrons. The van der Waals surface area contributed by atoms with Crippen molar-refractivity contribution in [2.24, 2.45) is 0 Å². The van der Waals surface area contributed by atoms with Crippen LogP contribution in [0.3, 0.4) is 0 Å². The summed E-state index contributed by atoms with van der Waals surface area (Å²) in [6.07, 6.45) is 0. The number of non-ortho nitro benzene ring substituents is 1. The first-order chi connectivity index (χ1) is 9.60. The molecule has 20 heavy (non-hydrogen) atoms. The van der Waals surface area contributed by atoms with Crippen molar-refractivity contribution in [3.63, 3.8) is 0 Å². The van der Waals surface area contributed by atoms with Crippen LogP contribution >= 0.6 is 11.6 Å². The normalized spacial score (nSPS) is 10.3. The number of rotatable bonds is 5. The van der Waals surface area contributed by atoms with Gasteiger partial charge in [-0.1, -0.05) is 18.2 Å². The fourth-order valence-electron chi connectivity index (χ4n) is 1.74. The SMILES string of the molecule is O=[N+]([O-])c1cc(F)cc(COc2ccccc2CCl)c1. The average Bonchev–Trinajstić information content (AvgIpc) is 2.44. The predicted molar refractivity (Wildman–Crippen MR) is 73.4 cm³/mol. The fourth-order valence-corrected chi connectivity index (χ4v) is 1.96. The molecule has 0 aliphatic carbocycles. The van der Waals surface area contributed by atoms with Gasteiger partial charge >= 0.3 is 0 Å². The lowest BCUT2D eigenvalue weighted by atomic mass is 10.2. The molecule has 0 aliphatic heterocycles. The maximum absolute atomic E-state index is 13.3. The van der Waals surface area contributed by atoms with E-state index in [1.807, 2.05) is 12.1 Å². The van der Waals surface area contributed by atoms with Gasteiger partial charge in [-0.05, 0) is 17.7 Å². The van der Waals surface area contributed by atoms with Crippen molar-refractivity contribution in [3.8, 4) is 5.75 Å². The lowest BCUT2D eigenvalue weighted by Gasteiger charge is -2.09. The first kappa shape index (κ1) is 14.3. The second-order valence-corrected chi connectivity index (χ2v) is 4.37. The van der Waals surface area contributed by atoms with E-state index in [-0.39, 0.29) is 12.3 Å². The molecule has 0 aromatic heterocycles. The topological polar surface area (TPSA) is 52.4 Å². The van der Waals surface area contributed by atoms with Crippen molar-refractivity contribution in [1.29, 1.82) is 0 Å². The molecule has 0 atom stereocenters. The van der Waals surface area contributed by atoms with Gasteiger partial charge in [-0.3, -0.25) is 10.1 Å². The summed E-state index contributed by atoms with van der Waals surface area (Å²) in [6, 6.07) is 10.5. The molecule has 0 radical (unpaired) electrons. The van der Waals surface area contributed by atoms with Gasteiger partial charge in [0, 0.05) is 11.6 Å². The molecule has 0 unspecified atom stereocenters. The molecule has 0 N–H and O–H groups in total. The van der Waals surface area contributed by atoms with Crippen LogP contribution in [-0.4, -0.2) is 4.92 Å². The summed E-state index contributed by atoms with van der Waals surface area (Å²) in [7, 11) is 0. The summed E-state index contributed by atoms with van der Waals surface area (Å²) in [5.41, 5.74) is 0.898. The third-order valence-corrected chi connectivity index (χ3v) is 2.95. The molecule has 2 aromatic rings. The van der Waals surface area contributed by atoms with Crippen LogP contribution in [0.15, 0.2) is 42.5 Å². The van der Waals surface area contributed by atoms with Crippen molar-refractivity contribution in [1.82, 2.24) is 0 Å². The van der Waals surface area contributed by atoms with E-state index in [1.165, 1.54) is 12.1 Å². The van der Waals surface area contributed by atoms with Crippen molar-refractivity contribution in [2.75, 3.05) is 0 Å². The molecular weight excluding hydrogens is 285 g/mol. The quantitative estimate of drug-likeness (QED) is 0.475. The summed E-state index contributed by atoms with van der Waals surface area (Å²) >= 11 is 5.78. The highest BCUT2D eigenvalue weighted by molar-refractivity contribution is 6.17. The maximum atomic E-state index is 13.3. The Morgan fingerprint density at radius 3 is 2.70 bits per heavy atom. The molecule has 4 nitrogen and oxygen atoms in total. The predicted octanol–water partition coefficient (Wildman–Crippen LogP) is 4.05. The Kier molecular flexibility index (Phi) is 4.53. The minimum absolute atomic E-state index is 0.0342. The summed E-state index contributed by atoms with van der Waals surface area (Å²) < 4.78 is 18.8. The van der Waals surface area contributed by atoms with E-state index < -0.39 is 10.7 Å². The van der Waals surface area contributed by atoms with E-state index in [9.17, 15) is 14.5 Å². The van der Waals surface area contributed by atoms with Crippen LogP contribution in [0.4, 0.5) is 10.1 Å². The first-order valence-corrected chi connectivity index (χ1v) is 6.34. The second-order valence-electron chi connectivity index (χ2n) is 4.10. The number of nitro groups is 1. The van der Waals surface area contributed by atoms with E-state index >= 15 is 0 Å². The highest BCUT2D eigenvalue weighted by Gasteiger charge is 2.10. The van der Waals surface area contributed by atoms with Crippen LogP contribution in [0.1, 0.15) is 11.1 Å². The van der Waals surface area contributed by atoms with Crippen LogP contribution < -0.4 is 4.74 Å². The minimum Gasteiger partial charge on any atom is -0.489 e. The molecule has 2 rings (SSSR count). The third kappa shape index (κ3) is 3.45. The maximum Gasteiger partial charge on any atom is 0.272 e. The van der Waals surface area contributed by atoms with E-state index in [0.717, 1.165) is 11.6 Å². The molecule has 0 spiro atoms. The van der Waals surface area contributed by atoms with Crippen LogP contribution in [-0.2, 0) is 12.5 Å². The number of hydrogen-bond acceptors (Lipinski definition) is 3. The zero-order chi connectivity index (χ0) is 14.5. The largest absolute Gasteiger partial charge is 0.489 e. The van der Waals surface area contributed by atoms with Gasteiger partial charge < -0.3 is 4.74 Å². The Hall–Kier alpha value is -2.14. The van der Waals surface area contributed by atoms with Gasteiger partial charge in [0.2, 0.25) is 0 Å². The van der Waals surface area contributed by atoms with E-state index in [4.69, 9.17) is 16.3 Å². The van der Waals surface area contributed by atoms with Gasteiger partial charge in [0.15, 0.2) is 0 Å². The van der Waals surface area contributed by atoms with Crippen molar-refractivity contribution in [3.05, 3.63) is 69.5 Å². The Morgan fingerprint density at radius 1 is 1.25 bits per heavy atom. The zero-order valence-electron chi connectivity index (χ0n) is 10.4. The third-order valence-electron chi connectivity index (χ3n) is 2.66. The van der Waals surface area contributed by atoms with Crippen LogP contribution in [0.25, 0.3) is 0 Å². The molecule has 0 saturated carbocycles. The Labute approximate surface area is 119 Å². The van der Waals surface area contributed by atoms with Gasteiger partial charge in [-0.25, -0.2) is 4.39 Å². The van der Waals surface area contributed by atoms with Crippen LogP contribution in [0, 0.1) is 15.9 Å². The fraction of sp³-hybridized carbons (Fsp3) is 0.143. The number of alkyl halides is 1. The Balaban J connectivity index is 2.16. The number of hydrogen-bond donors (Lipinski definition) is 0. The molecule has 0 saturated heterocycles. The smallest absolute Gasteiger partial charge is 0.272 e. The molecule has 0 aliphatic rings. The van der Waals surface area contributed by atoms with Crippen molar-refractivity contribution in [2.45, 2.75) is 12.5 Å². The number of halogens is 2. The molecule has 0 amide bonds. The summed E-state index contributed by atoms with van der Waals surface area (Å²) in [6.45, 7) is 0.0342. The van der Waals surface area contributed by atoms with E-state index in [2.05, 4.69) is 0 Å². The van der Waals surface area contributed by atoms with Gasteiger partial charge in [-0.2, -0.15) is 0 Å². The van der Waals surface area contributed by atoms with E-state index in [1.54, 1.807) is 12.1 Å². The van der Waals surface area contributed by atoms with Gasteiger partial charge in [0.05, 0.1) is 16.9 Å². The molecule has 6 heteroatoms. The standard InChI is InChI=1S/C14H11ClFNO3/c15-8-11-3-1-2-4-14(11)20-9-10-5-12(16)7-13(6-10)17(18)19/h1-7H,8-9H2. The molecule has 0 bridgehead atoms. The molecule has 2 aromatic carbocycles. The highest BCUT2D eigenvalue weighted by atomic mass is 35.5. The van der Waals surface area contributed by atoms with Crippen molar-refractivity contribution >= 4 is 17.3 Å². The number of nitro benzene ring substituents is 1. The lowest BCUT2D eigenvalue weighted by molar-refractivity contribution is -0.385. The molecular formula is C14H11ClFNO3. The highest BCUT2D eigenvalue weighted by Crippen LogP contribution is 2.22. The Morgan fingerprint density at radius 2 is 2.00 bits per heavy atom. The minimum atomic E-state index is -0.663. The Bertz CT molecular complexity index is 634. The number of ether oxygens (including phenoxy) is 1. The molecule has 0 fully saturated rings. The number of nitrogens with zero attached hydrogens (tertiary/aromatic N) is 1. The molecule has 0 heterocycles. The first-order valence-electron chi connectivity index (χ1n) is 5.80. The van der Waals surface area contributed by atoms with Crippen molar-refractivity contribution < 1.29 is 14.1 Å². The zero-order valence-corrected chi connectivity index (χ0v) is 11.1. The number of benzene rings is 2. The second kappa shape index (κ2) is 6.34. The van der Waals surface area contributed by atoms with Gasteiger partial charge in [-0.15, -0.1) is 11.6 Å². The van der Waals surface area contributed by atoms with Crippen LogP contribution in [0.2, 0.25) is 0 Å². The van der Waals surface area contributed by atoms with E-state index in [0.29, 0.717) is 17.2 Å². The summed E-state index contributed by atoms with van der Waals surface area (Å²) in [5, 5.41) is 10.7. The van der Waals surface area contributed by atoms with Gasteiger partial charge in [0.25, 0.3) is 5.69 Å². The van der Waals surface area contributed by atoms with Crippen LogP contribution in [0.5, 0.6) is 5.75 Å².